The molecule has 3 atom stereocenters. The molecule has 2 aliphatic rings. The summed E-state index contributed by atoms with van der Waals surface area (Å²) >= 11 is 0. The van der Waals surface area contributed by atoms with E-state index in [2.05, 4.69) is 11.4 Å². The molecule has 1 spiro atoms. The van der Waals surface area contributed by atoms with Crippen molar-refractivity contribution in [3.63, 3.8) is 0 Å². The SMILES string of the molecule is COc1ccccc1[C@H]1COCC2(C1)OCCN[C@H]2c1ccc(F)cc1. The molecule has 2 fully saturated rings. The molecule has 0 radical (unpaired) electrons. The predicted molar refractivity (Wildman–Crippen MR) is 97.0 cm³/mol. The van der Waals surface area contributed by atoms with Crippen LogP contribution < -0.4 is 10.1 Å². The monoisotopic (exact) mass is 357 g/mol. The van der Waals surface area contributed by atoms with Gasteiger partial charge in [0.15, 0.2) is 0 Å². The van der Waals surface area contributed by atoms with E-state index in [4.69, 9.17) is 14.2 Å². The van der Waals surface area contributed by atoms with E-state index in [0.717, 1.165) is 29.8 Å². The molecule has 4 nitrogen and oxygen atoms in total. The van der Waals surface area contributed by atoms with Crippen molar-refractivity contribution in [3.8, 4) is 5.75 Å². The zero-order valence-electron chi connectivity index (χ0n) is 14.9. The fourth-order valence-corrected chi connectivity index (χ4v) is 4.22. The highest BCUT2D eigenvalue weighted by molar-refractivity contribution is 5.37. The van der Waals surface area contributed by atoms with Crippen molar-refractivity contribution >= 4 is 0 Å². The van der Waals surface area contributed by atoms with Crippen LogP contribution in [0.4, 0.5) is 4.39 Å². The molecule has 2 aromatic rings. The third kappa shape index (κ3) is 3.22. The molecule has 2 aliphatic heterocycles. The molecule has 0 amide bonds. The van der Waals surface area contributed by atoms with E-state index >= 15 is 0 Å². The number of halogens is 1. The Labute approximate surface area is 153 Å². The van der Waals surface area contributed by atoms with E-state index in [0.29, 0.717) is 19.8 Å². The van der Waals surface area contributed by atoms with Crippen molar-refractivity contribution in [1.29, 1.82) is 0 Å². The molecule has 0 bridgehead atoms. The van der Waals surface area contributed by atoms with Gasteiger partial charge in [0.1, 0.15) is 17.2 Å². The van der Waals surface area contributed by atoms with Gasteiger partial charge in [-0.15, -0.1) is 0 Å². The van der Waals surface area contributed by atoms with Gasteiger partial charge < -0.3 is 19.5 Å². The van der Waals surface area contributed by atoms with Crippen LogP contribution in [0.5, 0.6) is 5.75 Å². The van der Waals surface area contributed by atoms with Crippen LogP contribution in [0.2, 0.25) is 0 Å². The highest BCUT2D eigenvalue weighted by Gasteiger charge is 2.47. The molecule has 0 saturated carbocycles. The van der Waals surface area contributed by atoms with E-state index < -0.39 is 5.60 Å². The lowest BCUT2D eigenvalue weighted by Gasteiger charge is -2.48. The van der Waals surface area contributed by atoms with Crippen molar-refractivity contribution in [2.75, 3.05) is 33.5 Å². The smallest absolute Gasteiger partial charge is 0.123 e. The number of para-hydroxylation sites is 1. The van der Waals surface area contributed by atoms with Crippen LogP contribution in [-0.4, -0.2) is 39.1 Å². The van der Waals surface area contributed by atoms with Gasteiger partial charge in [0, 0.05) is 12.5 Å². The number of morpholine rings is 1. The second-order valence-corrected chi connectivity index (χ2v) is 7.01. The molecule has 4 rings (SSSR count). The minimum absolute atomic E-state index is 0.0330. The lowest BCUT2D eigenvalue weighted by atomic mass is 9.77. The van der Waals surface area contributed by atoms with Crippen LogP contribution in [0.1, 0.15) is 29.5 Å². The number of hydrogen-bond donors (Lipinski definition) is 1. The first-order chi connectivity index (χ1) is 12.7. The Kier molecular flexibility index (Phi) is 4.94. The lowest BCUT2D eigenvalue weighted by molar-refractivity contribution is -0.171. The fourth-order valence-electron chi connectivity index (χ4n) is 4.22. The molecule has 1 N–H and O–H groups in total. The summed E-state index contributed by atoms with van der Waals surface area (Å²) in [5.74, 6) is 0.828. The van der Waals surface area contributed by atoms with E-state index in [1.165, 1.54) is 12.1 Å². The standard InChI is InChI=1S/C21H24FNO3/c1-24-19-5-3-2-4-18(19)16-12-21(14-25-13-16)20(23-10-11-26-21)15-6-8-17(22)9-7-15/h2-9,16,20,23H,10-14H2,1H3/t16-,20+,21?/m1/s1. The predicted octanol–water partition coefficient (Wildman–Crippen LogP) is 3.44. The molecule has 1 unspecified atom stereocenters. The Morgan fingerprint density at radius 2 is 1.96 bits per heavy atom. The first-order valence-electron chi connectivity index (χ1n) is 9.05. The molecule has 5 heteroatoms. The molecule has 2 saturated heterocycles. The molecule has 138 valence electrons. The fraction of sp³-hybridized carbons (Fsp3) is 0.429. The molecular formula is C21H24FNO3. The van der Waals surface area contributed by atoms with Crippen LogP contribution in [0.3, 0.4) is 0 Å². The quantitative estimate of drug-likeness (QED) is 0.914. The Morgan fingerprint density at radius 1 is 1.15 bits per heavy atom. The summed E-state index contributed by atoms with van der Waals surface area (Å²) in [6.45, 7) is 2.57. The van der Waals surface area contributed by atoms with Gasteiger partial charge in [-0.2, -0.15) is 0 Å². The third-order valence-corrected chi connectivity index (χ3v) is 5.41. The molecule has 26 heavy (non-hydrogen) atoms. The minimum Gasteiger partial charge on any atom is -0.496 e. The van der Waals surface area contributed by atoms with E-state index in [1.54, 1.807) is 7.11 Å². The summed E-state index contributed by atoms with van der Waals surface area (Å²) in [4.78, 5) is 0. The Bertz CT molecular complexity index is 747. The van der Waals surface area contributed by atoms with Crippen molar-refractivity contribution < 1.29 is 18.6 Å². The summed E-state index contributed by atoms with van der Waals surface area (Å²) in [5, 5.41) is 3.56. The van der Waals surface area contributed by atoms with Gasteiger partial charge in [0.05, 0.1) is 33.0 Å². The number of benzene rings is 2. The largest absolute Gasteiger partial charge is 0.496 e. The molecule has 0 aromatic heterocycles. The maximum Gasteiger partial charge on any atom is 0.123 e. The molecular weight excluding hydrogens is 333 g/mol. The van der Waals surface area contributed by atoms with Gasteiger partial charge >= 0.3 is 0 Å². The van der Waals surface area contributed by atoms with Gasteiger partial charge in [0.25, 0.3) is 0 Å². The second-order valence-electron chi connectivity index (χ2n) is 7.01. The van der Waals surface area contributed by atoms with Gasteiger partial charge in [-0.05, 0) is 35.7 Å². The van der Waals surface area contributed by atoms with Gasteiger partial charge in [-0.3, -0.25) is 0 Å². The average molecular weight is 357 g/mol. The summed E-state index contributed by atoms with van der Waals surface area (Å²) < 4.78 is 31.2. The molecule has 0 aliphatic carbocycles. The first-order valence-corrected chi connectivity index (χ1v) is 9.05. The van der Waals surface area contributed by atoms with Crippen molar-refractivity contribution in [2.45, 2.75) is 24.0 Å². The number of hydrogen-bond acceptors (Lipinski definition) is 4. The van der Waals surface area contributed by atoms with Crippen LogP contribution in [0, 0.1) is 5.82 Å². The van der Waals surface area contributed by atoms with Gasteiger partial charge in [0.2, 0.25) is 0 Å². The Balaban J connectivity index is 1.65. The van der Waals surface area contributed by atoms with Crippen molar-refractivity contribution in [1.82, 2.24) is 5.32 Å². The van der Waals surface area contributed by atoms with Crippen molar-refractivity contribution in [3.05, 3.63) is 65.5 Å². The van der Waals surface area contributed by atoms with E-state index in [1.807, 2.05) is 30.3 Å². The number of nitrogens with one attached hydrogen (secondary N) is 1. The van der Waals surface area contributed by atoms with Crippen LogP contribution in [0.25, 0.3) is 0 Å². The normalized spacial score (nSPS) is 28.8. The second kappa shape index (κ2) is 7.35. The van der Waals surface area contributed by atoms with Crippen LogP contribution in [0.15, 0.2) is 48.5 Å². The number of rotatable bonds is 3. The summed E-state index contributed by atoms with van der Waals surface area (Å²) in [7, 11) is 1.69. The minimum atomic E-state index is -0.472. The number of methoxy groups -OCH3 is 1. The zero-order chi connectivity index (χ0) is 18.0. The highest BCUT2D eigenvalue weighted by atomic mass is 19.1. The Morgan fingerprint density at radius 3 is 2.77 bits per heavy atom. The van der Waals surface area contributed by atoms with Gasteiger partial charge in [-0.1, -0.05) is 30.3 Å². The van der Waals surface area contributed by atoms with Gasteiger partial charge in [-0.25, -0.2) is 4.39 Å². The van der Waals surface area contributed by atoms with E-state index in [-0.39, 0.29) is 17.8 Å². The third-order valence-electron chi connectivity index (χ3n) is 5.41. The Hall–Kier alpha value is -1.95. The maximum atomic E-state index is 13.4. The lowest BCUT2D eigenvalue weighted by Crippen LogP contribution is -2.57. The van der Waals surface area contributed by atoms with E-state index in [9.17, 15) is 4.39 Å². The average Bonchev–Trinajstić information content (AvgIpc) is 2.69. The zero-order valence-corrected chi connectivity index (χ0v) is 14.9. The molecule has 2 heterocycles. The summed E-state index contributed by atoms with van der Waals surface area (Å²) in [5.41, 5.74) is 1.69. The maximum absolute atomic E-state index is 13.4. The van der Waals surface area contributed by atoms with Crippen LogP contribution in [-0.2, 0) is 9.47 Å². The van der Waals surface area contributed by atoms with Crippen molar-refractivity contribution in [2.24, 2.45) is 0 Å². The highest BCUT2D eigenvalue weighted by Crippen LogP contribution is 2.44. The number of ether oxygens (including phenoxy) is 3. The first kappa shape index (κ1) is 17.5. The summed E-state index contributed by atoms with van der Waals surface area (Å²) in [6, 6.07) is 14.7. The molecule has 2 aromatic carbocycles. The topological polar surface area (TPSA) is 39.7 Å². The van der Waals surface area contributed by atoms with Crippen LogP contribution >= 0.6 is 0 Å². The summed E-state index contributed by atoms with van der Waals surface area (Å²) in [6.07, 6.45) is 0.822.